The summed E-state index contributed by atoms with van der Waals surface area (Å²) in [4.78, 5) is 10.8. The minimum atomic E-state index is -0.737. The van der Waals surface area contributed by atoms with Crippen LogP contribution in [0.25, 0.3) is 0 Å². The molecule has 0 spiro atoms. The zero-order valence-electron chi connectivity index (χ0n) is 8.16. The maximum atomic E-state index is 10.8. The van der Waals surface area contributed by atoms with E-state index in [-0.39, 0.29) is 11.8 Å². The molecule has 0 radical (unpaired) electrons. The summed E-state index contributed by atoms with van der Waals surface area (Å²) < 4.78 is 1.02. The van der Waals surface area contributed by atoms with Crippen molar-refractivity contribution in [3.8, 4) is 0 Å². The van der Waals surface area contributed by atoms with Crippen LogP contribution < -0.4 is 5.32 Å². The molecule has 1 aliphatic heterocycles. The molecule has 15 heavy (non-hydrogen) atoms. The molecule has 1 aromatic rings. The van der Waals surface area contributed by atoms with Crippen LogP contribution in [0.4, 0.5) is 0 Å². The molecule has 0 saturated carbocycles. The summed E-state index contributed by atoms with van der Waals surface area (Å²) in [6.45, 7) is 1.50. The molecule has 3 nitrogen and oxygen atoms in total. The van der Waals surface area contributed by atoms with Crippen molar-refractivity contribution in [3.63, 3.8) is 0 Å². The van der Waals surface area contributed by atoms with E-state index in [1.54, 1.807) is 0 Å². The summed E-state index contributed by atoms with van der Waals surface area (Å²) in [7, 11) is 0. The summed E-state index contributed by atoms with van der Waals surface area (Å²) in [6, 6.07) is 7.90. The third-order valence-corrected chi connectivity index (χ3v) is 3.40. The Morgan fingerprint density at radius 1 is 1.40 bits per heavy atom. The first-order chi connectivity index (χ1) is 7.12. The van der Waals surface area contributed by atoms with Gasteiger partial charge in [-0.05, 0) is 17.7 Å². The number of benzene rings is 1. The van der Waals surface area contributed by atoms with Gasteiger partial charge in [-0.25, -0.2) is 0 Å². The SMILES string of the molecule is O=C(O)CC1(c2ccc(Br)cc2)CNC1. The smallest absolute Gasteiger partial charge is 0.304 e. The Kier molecular flexibility index (Phi) is 2.80. The molecule has 1 saturated heterocycles. The minimum Gasteiger partial charge on any atom is -0.481 e. The average Bonchev–Trinajstić information content (AvgIpc) is 2.13. The van der Waals surface area contributed by atoms with Crippen molar-refractivity contribution in [2.24, 2.45) is 0 Å². The van der Waals surface area contributed by atoms with Gasteiger partial charge in [0, 0.05) is 23.0 Å². The normalized spacial score (nSPS) is 18.2. The Bertz CT molecular complexity index is 371. The third-order valence-electron chi connectivity index (χ3n) is 2.87. The Morgan fingerprint density at radius 3 is 2.40 bits per heavy atom. The van der Waals surface area contributed by atoms with Crippen molar-refractivity contribution in [3.05, 3.63) is 34.3 Å². The molecular formula is C11H12BrNO2. The van der Waals surface area contributed by atoms with Crippen molar-refractivity contribution in [2.45, 2.75) is 11.8 Å². The van der Waals surface area contributed by atoms with E-state index < -0.39 is 5.97 Å². The summed E-state index contributed by atoms with van der Waals surface area (Å²) in [5, 5.41) is 12.0. The van der Waals surface area contributed by atoms with Crippen LogP contribution in [0.1, 0.15) is 12.0 Å². The lowest BCUT2D eigenvalue weighted by Crippen LogP contribution is -2.57. The molecule has 1 aliphatic rings. The first-order valence-corrected chi connectivity index (χ1v) is 5.60. The average molecular weight is 270 g/mol. The number of aliphatic carboxylic acids is 1. The molecule has 1 heterocycles. The van der Waals surface area contributed by atoms with Gasteiger partial charge in [-0.15, -0.1) is 0 Å². The number of nitrogens with one attached hydrogen (secondary N) is 1. The van der Waals surface area contributed by atoms with Gasteiger partial charge in [-0.2, -0.15) is 0 Å². The molecule has 1 aromatic carbocycles. The Balaban J connectivity index is 2.26. The molecule has 0 amide bonds. The molecule has 0 unspecified atom stereocenters. The van der Waals surface area contributed by atoms with Gasteiger partial charge in [0.1, 0.15) is 0 Å². The van der Waals surface area contributed by atoms with Crippen molar-refractivity contribution in [1.82, 2.24) is 5.32 Å². The number of hydrogen-bond donors (Lipinski definition) is 2. The predicted molar refractivity (Wildman–Crippen MR) is 60.9 cm³/mol. The van der Waals surface area contributed by atoms with E-state index in [1.807, 2.05) is 24.3 Å². The van der Waals surface area contributed by atoms with Gasteiger partial charge in [-0.1, -0.05) is 28.1 Å². The molecule has 0 aromatic heterocycles. The minimum absolute atomic E-state index is 0.196. The van der Waals surface area contributed by atoms with Crippen LogP contribution in [0.5, 0.6) is 0 Å². The van der Waals surface area contributed by atoms with E-state index >= 15 is 0 Å². The highest BCUT2D eigenvalue weighted by Crippen LogP contribution is 2.32. The maximum Gasteiger partial charge on any atom is 0.304 e. The molecule has 4 heteroatoms. The summed E-state index contributed by atoms with van der Waals surface area (Å²) in [5.74, 6) is -0.737. The fourth-order valence-corrected chi connectivity index (χ4v) is 2.22. The van der Waals surface area contributed by atoms with E-state index in [0.29, 0.717) is 0 Å². The lowest BCUT2D eigenvalue weighted by Gasteiger charge is -2.42. The van der Waals surface area contributed by atoms with Gasteiger partial charge in [0.15, 0.2) is 0 Å². The Morgan fingerprint density at radius 2 is 2.00 bits per heavy atom. The molecule has 2 rings (SSSR count). The topological polar surface area (TPSA) is 49.3 Å². The third kappa shape index (κ3) is 2.06. The number of hydrogen-bond acceptors (Lipinski definition) is 2. The quantitative estimate of drug-likeness (QED) is 0.880. The molecule has 0 aliphatic carbocycles. The van der Waals surface area contributed by atoms with Crippen LogP contribution in [0.3, 0.4) is 0 Å². The van der Waals surface area contributed by atoms with Crippen LogP contribution in [-0.2, 0) is 10.2 Å². The van der Waals surface area contributed by atoms with Crippen molar-refractivity contribution in [2.75, 3.05) is 13.1 Å². The van der Waals surface area contributed by atoms with Crippen LogP contribution in [0.15, 0.2) is 28.7 Å². The van der Waals surface area contributed by atoms with Crippen LogP contribution >= 0.6 is 15.9 Å². The summed E-state index contributed by atoms with van der Waals surface area (Å²) >= 11 is 3.37. The lowest BCUT2D eigenvalue weighted by molar-refractivity contribution is -0.139. The molecule has 80 valence electrons. The van der Waals surface area contributed by atoms with Crippen LogP contribution in [0.2, 0.25) is 0 Å². The van der Waals surface area contributed by atoms with Gasteiger partial charge in [-0.3, -0.25) is 4.79 Å². The van der Waals surface area contributed by atoms with E-state index in [2.05, 4.69) is 21.2 Å². The zero-order valence-corrected chi connectivity index (χ0v) is 9.75. The van der Waals surface area contributed by atoms with E-state index in [0.717, 1.165) is 23.1 Å². The molecule has 1 fully saturated rings. The number of carboxylic acids is 1. The van der Waals surface area contributed by atoms with E-state index in [4.69, 9.17) is 5.11 Å². The predicted octanol–water partition coefficient (Wildman–Crippen LogP) is 1.76. The van der Waals surface area contributed by atoms with Gasteiger partial charge < -0.3 is 10.4 Å². The maximum absolute atomic E-state index is 10.8. The molecule has 0 bridgehead atoms. The largest absolute Gasteiger partial charge is 0.481 e. The second-order valence-electron chi connectivity index (χ2n) is 3.96. The van der Waals surface area contributed by atoms with Crippen LogP contribution in [0, 0.1) is 0 Å². The highest BCUT2D eigenvalue weighted by atomic mass is 79.9. The Hall–Kier alpha value is -0.870. The molecule has 0 atom stereocenters. The summed E-state index contributed by atoms with van der Waals surface area (Å²) in [6.07, 6.45) is 0.196. The van der Waals surface area contributed by atoms with E-state index in [1.165, 1.54) is 0 Å². The van der Waals surface area contributed by atoms with Crippen molar-refractivity contribution < 1.29 is 9.90 Å². The van der Waals surface area contributed by atoms with Gasteiger partial charge >= 0.3 is 5.97 Å². The lowest BCUT2D eigenvalue weighted by atomic mass is 9.73. The van der Waals surface area contributed by atoms with Crippen molar-refractivity contribution >= 4 is 21.9 Å². The second kappa shape index (κ2) is 3.94. The van der Waals surface area contributed by atoms with Gasteiger partial charge in [0.2, 0.25) is 0 Å². The second-order valence-corrected chi connectivity index (χ2v) is 4.88. The highest BCUT2D eigenvalue weighted by molar-refractivity contribution is 9.10. The van der Waals surface area contributed by atoms with E-state index in [9.17, 15) is 4.79 Å². The van der Waals surface area contributed by atoms with Crippen LogP contribution in [-0.4, -0.2) is 24.2 Å². The monoisotopic (exact) mass is 269 g/mol. The Labute approximate surface area is 96.6 Å². The zero-order chi connectivity index (χ0) is 10.9. The summed E-state index contributed by atoms with van der Waals surface area (Å²) in [5.41, 5.74) is 0.902. The fourth-order valence-electron chi connectivity index (χ4n) is 1.95. The number of halogens is 1. The first-order valence-electron chi connectivity index (χ1n) is 4.81. The number of carbonyl (C=O) groups is 1. The molecular weight excluding hydrogens is 258 g/mol. The number of rotatable bonds is 3. The first kappa shape index (κ1) is 10.6. The fraction of sp³-hybridized carbons (Fsp3) is 0.364. The highest BCUT2D eigenvalue weighted by Gasteiger charge is 2.40. The molecule has 2 N–H and O–H groups in total. The van der Waals surface area contributed by atoms with Gasteiger partial charge in [0.05, 0.1) is 6.42 Å². The van der Waals surface area contributed by atoms with Gasteiger partial charge in [0.25, 0.3) is 0 Å². The number of carboxylic acid groups (broad SMARTS) is 1. The van der Waals surface area contributed by atoms with Crippen molar-refractivity contribution in [1.29, 1.82) is 0 Å². The standard InChI is InChI=1S/C11H12BrNO2/c12-9-3-1-8(2-4-9)11(5-10(14)15)6-13-7-11/h1-4,13H,5-7H2,(H,14,15).